The third-order valence-electron chi connectivity index (χ3n) is 8.91. The van der Waals surface area contributed by atoms with Crippen LogP contribution in [-0.4, -0.2) is 64.6 Å². The van der Waals surface area contributed by atoms with Crippen LogP contribution in [0, 0.1) is 11.8 Å². The Kier molecular flexibility index (Phi) is 7.54. The lowest BCUT2D eigenvalue weighted by Crippen LogP contribution is -2.69. The average molecular weight is 519 g/mol. The number of hydrogen-bond donors (Lipinski definition) is 1. The summed E-state index contributed by atoms with van der Waals surface area (Å²) in [5.74, 6) is 1.08. The van der Waals surface area contributed by atoms with Crippen molar-refractivity contribution in [2.75, 3.05) is 26.2 Å². The largest absolute Gasteiger partial charge is 0.508 e. The number of carbonyl (C=O) groups excluding carboxylic acids is 2. The minimum atomic E-state index is -0.699. The molecular weight excluding hydrogens is 476 g/mol. The van der Waals surface area contributed by atoms with Gasteiger partial charge in [-0.1, -0.05) is 44.2 Å². The van der Waals surface area contributed by atoms with Crippen LogP contribution >= 0.6 is 0 Å². The molecule has 3 atom stereocenters. The number of rotatable bonds is 8. The maximum Gasteiger partial charge on any atom is 0.303 e. The summed E-state index contributed by atoms with van der Waals surface area (Å²) in [6.07, 6.45) is 5.54. The molecule has 1 saturated heterocycles. The molecule has 2 saturated carbocycles. The van der Waals surface area contributed by atoms with Gasteiger partial charge < -0.3 is 14.7 Å². The Labute approximate surface area is 227 Å². The molecule has 38 heavy (non-hydrogen) atoms. The quantitative estimate of drug-likeness (QED) is 0.474. The molecule has 0 aromatic heterocycles. The van der Waals surface area contributed by atoms with Crippen molar-refractivity contribution < 1.29 is 19.4 Å². The van der Waals surface area contributed by atoms with Gasteiger partial charge in [0.15, 0.2) is 0 Å². The van der Waals surface area contributed by atoms with Gasteiger partial charge in [-0.15, -0.1) is 0 Å². The highest BCUT2D eigenvalue weighted by atomic mass is 16.6. The number of phenols is 1. The average Bonchev–Trinajstić information content (AvgIpc) is 3.70. The molecule has 2 aromatic carbocycles. The number of amides is 1. The Morgan fingerprint density at radius 2 is 1.84 bits per heavy atom. The van der Waals surface area contributed by atoms with Crippen molar-refractivity contribution in [3.63, 3.8) is 0 Å². The van der Waals surface area contributed by atoms with Crippen LogP contribution in [0.25, 0.3) is 0 Å². The topological polar surface area (TPSA) is 70.1 Å². The van der Waals surface area contributed by atoms with Gasteiger partial charge in [0.25, 0.3) is 5.91 Å². The molecule has 6 heteroatoms. The maximum atomic E-state index is 13.9. The lowest BCUT2D eigenvalue weighted by molar-refractivity contribution is -0.189. The van der Waals surface area contributed by atoms with E-state index in [1.54, 1.807) is 6.07 Å². The van der Waals surface area contributed by atoms with Crippen LogP contribution in [-0.2, 0) is 14.9 Å². The second-order valence-corrected chi connectivity index (χ2v) is 12.3. The first-order valence-electron chi connectivity index (χ1n) is 14.3. The van der Waals surface area contributed by atoms with Gasteiger partial charge in [-0.2, -0.15) is 0 Å². The van der Waals surface area contributed by atoms with E-state index in [4.69, 9.17) is 4.74 Å². The number of carbonyl (C=O) groups is 2. The highest BCUT2D eigenvalue weighted by Gasteiger charge is 2.61. The predicted octanol–water partition coefficient (Wildman–Crippen LogP) is 5.40. The van der Waals surface area contributed by atoms with Crippen molar-refractivity contribution >= 4 is 11.9 Å². The molecule has 6 nitrogen and oxygen atoms in total. The van der Waals surface area contributed by atoms with Gasteiger partial charge in [0, 0.05) is 43.6 Å². The smallest absolute Gasteiger partial charge is 0.303 e. The SMILES string of the molecule is CC(=O)O[C@]12CC[C@@H](N(CC(C)C)C(=O)c3ccccc3)C[C@]1(c1cccc(O)c1)CCN(CC1CC1)C2. The third-order valence-corrected chi connectivity index (χ3v) is 8.91. The van der Waals surface area contributed by atoms with Gasteiger partial charge in [-0.05, 0) is 86.7 Å². The van der Waals surface area contributed by atoms with Crippen molar-refractivity contribution in [2.45, 2.75) is 76.4 Å². The number of piperidine rings is 1. The zero-order chi connectivity index (χ0) is 26.9. The number of phenolic OH excluding ortho intramolecular Hbond substituents is 1. The van der Waals surface area contributed by atoms with Crippen molar-refractivity contribution in [1.82, 2.24) is 9.80 Å². The molecule has 204 valence electrons. The van der Waals surface area contributed by atoms with Gasteiger partial charge in [0.1, 0.15) is 11.4 Å². The second-order valence-electron chi connectivity index (χ2n) is 12.3. The first-order valence-corrected chi connectivity index (χ1v) is 14.3. The molecule has 5 rings (SSSR count). The first-order chi connectivity index (χ1) is 18.2. The molecule has 0 unspecified atom stereocenters. The van der Waals surface area contributed by atoms with Gasteiger partial charge in [0.05, 0.1) is 0 Å². The monoisotopic (exact) mass is 518 g/mol. The zero-order valence-corrected chi connectivity index (χ0v) is 23.1. The van der Waals surface area contributed by atoms with Crippen molar-refractivity contribution in [1.29, 1.82) is 0 Å². The molecule has 1 heterocycles. The normalized spacial score (nSPS) is 27.5. The molecule has 1 aliphatic heterocycles. The Balaban J connectivity index is 1.55. The molecule has 1 N–H and O–H groups in total. The fourth-order valence-electron chi connectivity index (χ4n) is 7.09. The number of fused-ring (bicyclic) bond motifs is 1. The molecule has 0 spiro atoms. The van der Waals surface area contributed by atoms with E-state index >= 15 is 0 Å². The Morgan fingerprint density at radius 3 is 2.50 bits per heavy atom. The van der Waals surface area contributed by atoms with E-state index in [0.29, 0.717) is 37.4 Å². The van der Waals surface area contributed by atoms with E-state index in [2.05, 4.69) is 29.7 Å². The number of aromatic hydroxyl groups is 1. The predicted molar refractivity (Wildman–Crippen MR) is 148 cm³/mol. The van der Waals surface area contributed by atoms with E-state index in [-0.39, 0.29) is 23.7 Å². The molecule has 1 amide bonds. The summed E-state index contributed by atoms with van der Waals surface area (Å²) >= 11 is 0. The fraction of sp³-hybridized carbons (Fsp3) is 0.562. The van der Waals surface area contributed by atoms with Crippen LogP contribution < -0.4 is 0 Å². The number of ether oxygens (including phenoxy) is 1. The van der Waals surface area contributed by atoms with E-state index in [1.807, 2.05) is 42.5 Å². The standard InChI is InChI=1S/C32H42N2O4/c1-23(2)20-34(30(37)26-8-5-4-6-9-26)28-14-15-32(38-24(3)35)22-33(21-25-12-13-25)17-16-31(32,19-28)27-10-7-11-29(36)18-27/h4-11,18,23,25,28,36H,12-17,19-22H2,1-3H3/t28-,31+,32+/m1/s1. The summed E-state index contributed by atoms with van der Waals surface area (Å²) < 4.78 is 6.40. The summed E-state index contributed by atoms with van der Waals surface area (Å²) in [7, 11) is 0. The highest BCUT2D eigenvalue weighted by Crippen LogP contribution is 2.55. The number of esters is 1. The number of nitrogens with zero attached hydrogens (tertiary/aromatic N) is 2. The number of likely N-dealkylation sites (tertiary alicyclic amines) is 1. The minimum absolute atomic E-state index is 0.00567. The van der Waals surface area contributed by atoms with Crippen molar-refractivity contribution in [2.24, 2.45) is 11.8 Å². The van der Waals surface area contributed by atoms with Crippen LogP contribution in [0.1, 0.15) is 75.2 Å². The second kappa shape index (κ2) is 10.7. The van der Waals surface area contributed by atoms with E-state index < -0.39 is 11.0 Å². The van der Waals surface area contributed by atoms with E-state index in [0.717, 1.165) is 37.4 Å². The van der Waals surface area contributed by atoms with Gasteiger partial charge in [-0.25, -0.2) is 0 Å². The summed E-state index contributed by atoms with van der Waals surface area (Å²) in [6, 6.07) is 17.1. The molecule has 0 radical (unpaired) electrons. The summed E-state index contributed by atoms with van der Waals surface area (Å²) in [5.41, 5.74) is 0.518. The molecule has 2 aromatic rings. The van der Waals surface area contributed by atoms with E-state index in [1.165, 1.54) is 19.8 Å². The minimum Gasteiger partial charge on any atom is -0.508 e. The molecule has 0 bridgehead atoms. The lowest BCUT2D eigenvalue weighted by atomic mass is 9.54. The fourth-order valence-corrected chi connectivity index (χ4v) is 7.09. The third kappa shape index (κ3) is 5.33. The number of benzene rings is 2. The van der Waals surface area contributed by atoms with Crippen LogP contribution in [0.2, 0.25) is 0 Å². The Hall–Kier alpha value is -2.86. The molecule has 3 aliphatic rings. The van der Waals surface area contributed by atoms with E-state index in [9.17, 15) is 14.7 Å². The van der Waals surface area contributed by atoms with Gasteiger partial charge in [-0.3, -0.25) is 14.5 Å². The summed E-state index contributed by atoms with van der Waals surface area (Å²) in [5, 5.41) is 10.5. The van der Waals surface area contributed by atoms with Crippen LogP contribution in [0.5, 0.6) is 5.75 Å². The molecule has 3 fully saturated rings. The zero-order valence-electron chi connectivity index (χ0n) is 23.1. The highest BCUT2D eigenvalue weighted by molar-refractivity contribution is 5.94. The molecular formula is C32H42N2O4. The molecule has 2 aliphatic carbocycles. The number of hydrogen-bond acceptors (Lipinski definition) is 5. The van der Waals surface area contributed by atoms with Gasteiger partial charge in [0.2, 0.25) is 0 Å². The maximum absolute atomic E-state index is 13.9. The Bertz CT molecular complexity index is 1150. The van der Waals surface area contributed by atoms with Crippen LogP contribution in [0.15, 0.2) is 54.6 Å². The van der Waals surface area contributed by atoms with Crippen LogP contribution in [0.3, 0.4) is 0 Å². The summed E-state index contributed by atoms with van der Waals surface area (Å²) in [6.45, 7) is 9.15. The lowest BCUT2D eigenvalue weighted by Gasteiger charge is -2.60. The first kappa shape index (κ1) is 26.7. The Morgan fingerprint density at radius 1 is 1.08 bits per heavy atom. The van der Waals surface area contributed by atoms with Crippen LogP contribution in [0.4, 0.5) is 0 Å². The summed E-state index contributed by atoms with van der Waals surface area (Å²) in [4.78, 5) is 31.1. The van der Waals surface area contributed by atoms with Crippen molar-refractivity contribution in [3.05, 3.63) is 65.7 Å². The van der Waals surface area contributed by atoms with Crippen molar-refractivity contribution in [3.8, 4) is 5.75 Å². The van der Waals surface area contributed by atoms with Gasteiger partial charge >= 0.3 is 5.97 Å².